The molecule has 2 aromatic rings. The quantitative estimate of drug-likeness (QED) is 0.852. The molecule has 126 valence electrons. The highest BCUT2D eigenvalue weighted by Crippen LogP contribution is 2.27. The van der Waals surface area contributed by atoms with Crippen LogP contribution in [0.3, 0.4) is 0 Å². The highest BCUT2D eigenvalue weighted by molar-refractivity contribution is 5.96. The first-order chi connectivity index (χ1) is 11.6. The van der Waals surface area contributed by atoms with Crippen molar-refractivity contribution in [2.45, 2.75) is 38.8 Å². The standard InChI is InChI=1S/C18H22N4O2/c1-13(12-22-10-4-9-19-22)20-17(23)8-7-15-11-14-5-2-3-6-16(14)21-18(15)24/h2-6,9-10,13,15H,7-8,11-12H2,1H3,(H,20,23)(H,21,24)/t13-,15+/m0/s1. The first kappa shape index (κ1) is 16.2. The third-order valence-electron chi connectivity index (χ3n) is 4.26. The second-order valence-corrected chi connectivity index (χ2v) is 6.28. The smallest absolute Gasteiger partial charge is 0.227 e. The lowest BCUT2D eigenvalue weighted by atomic mass is 9.89. The monoisotopic (exact) mass is 326 g/mol. The normalized spacial score (nSPS) is 17.7. The second kappa shape index (κ2) is 7.29. The van der Waals surface area contributed by atoms with Gasteiger partial charge >= 0.3 is 0 Å². The van der Waals surface area contributed by atoms with Gasteiger partial charge in [0.1, 0.15) is 0 Å². The number of amides is 2. The van der Waals surface area contributed by atoms with Crippen LogP contribution in [0, 0.1) is 5.92 Å². The van der Waals surface area contributed by atoms with E-state index in [-0.39, 0.29) is 23.8 Å². The lowest BCUT2D eigenvalue weighted by molar-refractivity contribution is -0.123. The summed E-state index contributed by atoms with van der Waals surface area (Å²) in [6.45, 7) is 2.58. The summed E-state index contributed by atoms with van der Waals surface area (Å²) in [5, 5.41) is 10.0. The third-order valence-corrected chi connectivity index (χ3v) is 4.26. The molecular weight excluding hydrogens is 304 g/mol. The molecule has 6 heteroatoms. The van der Waals surface area contributed by atoms with E-state index in [4.69, 9.17) is 0 Å². The van der Waals surface area contributed by atoms with Crippen molar-refractivity contribution < 1.29 is 9.59 Å². The summed E-state index contributed by atoms with van der Waals surface area (Å²) in [5.41, 5.74) is 2.02. The molecule has 0 saturated carbocycles. The fourth-order valence-electron chi connectivity index (χ4n) is 3.03. The molecular formula is C18H22N4O2. The number of hydrogen-bond donors (Lipinski definition) is 2. The van der Waals surface area contributed by atoms with Gasteiger partial charge in [-0.05, 0) is 37.5 Å². The van der Waals surface area contributed by atoms with Gasteiger partial charge in [-0.15, -0.1) is 0 Å². The molecule has 0 spiro atoms. The Balaban J connectivity index is 1.47. The molecule has 2 atom stereocenters. The average molecular weight is 326 g/mol. The lowest BCUT2D eigenvalue weighted by Crippen LogP contribution is -2.37. The summed E-state index contributed by atoms with van der Waals surface area (Å²) in [7, 11) is 0. The molecule has 2 amide bonds. The maximum atomic E-state index is 12.1. The second-order valence-electron chi connectivity index (χ2n) is 6.28. The van der Waals surface area contributed by atoms with Crippen molar-refractivity contribution in [1.82, 2.24) is 15.1 Å². The summed E-state index contributed by atoms with van der Waals surface area (Å²) in [5.74, 6) is -0.167. The SMILES string of the molecule is C[C@@H](Cn1cccn1)NC(=O)CC[C@@H]1Cc2ccccc2NC1=O. The summed E-state index contributed by atoms with van der Waals surface area (Å²) >= 11 is 0. The summed E-state index contributed by atoms with van der Waals surface area (Å²) < 4.78 is 1.79. The molecule has 2 N–H and O–H groups in total. The van der Waals surface area contributed by atoms with Crippen LogP contribution in [0.4, 0.5) is 5.69 Å². The van der Waals surface area contributed by atoms with E-state index in [0.29, 0.717) is 25.8 Å². The summed E-state index contributed by atoms with van der Waals surface area (Å²) in [6.07, 6.45) is 5.18. The number of carbonyl (C=O) groups excluding carboxylic acids is 2. The van der Waals surface area contributed by atoms with E-state index in [2.05, 4.69) is 15.7 Å². The van der Waals surface area contributed by atoms with Gasteiger partial charge in [0.05, 0.1) is 6.54 Å². The molecule has 1 aliphatic rings. The van der Waals surface area contributed by atoms with Crippen LogP contribution in [-0.2, 0) is 22.6 Å². The highest BCUT2D eigenvalue weighted by Gasteiger charge is 2.26. The first-order valence-corrected chi connectivity index (χ1v) is 8.27. The van der Waals surface area contributed by atoms with Gasteiger partial charge in [-0.3, -0.25) is 14.3 Å². The number of benzene rings is 1. The molecule has 0 aliphatic carbocycles. The van der Waals surface area contributed by atoms with Crippen LogP contribution in [0.25, 0.3) is 0 Å². The number of para-hydroxylation sites is 1. The van der Waals surface area contributed by atoms with Crippen molar-refractivity contribution in [3.8, 4) is 0 Å². The Hall–Kier alpha value is -2.63. The van der Waals surface area contributed by atoms with E-state index in [1.165, 1.54) is 0 Å². The molecule has 1 aromatic carbocycles. The Morgan fingerprint density at radius 1 is 1.42 bits per heavy atom. The van der Waals surface area contributed by atoms with Gasteiger partial charge in [-0.1, -0.05) is 18.2 Å². The fourth-order valence-corrected chi connectivity index (χ4v) is 3.03. The number of rotatable bonds is 6. The molecule has 0 saturated heterocycles. The summed E-state index contributed by atoms with van der Waals surface area (Å²) in [6, 6.07) is 9.67. The van der Waals surface area contributed by atoms with Crippen LogP contribution in [0.15, 0.2) is 42.7 Å². The van der Waals surface area contributed by atoms with E-state index >= 15 is 0 Å². The van der Waals surface area contributed by atoms with Gasteiger partial charge in [0, 0.05) is 36.5 Å². The van der Waals surface area contributed by atoms with Crippen molar-refractivity contribution >= 4 is 17.5 Å². The zero-order valence-electron chi connectivity index (χ0n) is 13.7. The summed E-state index contributed by atoms with van der Waals surface area (Å²) in [4.78, 5) is 24.3. The Morgan fingerprint density at radius 2 is 2.25 bits per heavy atom. The van der Waals surface area contributed by atoms with Crippen molar-refractivity contribution in [2.24, 2.45) is 5.92 Å². The minimum atomic E-state index is -0.146. The predicted octanol–water partition coefficient (Wildman–Crippen LogP) is 1.98. The van der Waals surface area contributed by atoms with Crippen molar-refractivity contribution in [2.75, 3.05) is 5.32 Å². The number of nitrogens with zero attached hydrogens (tertiary/aromatic N) is 2. The molecule has 0 radical (unpaired) electrons. The zero-order chi connectivity index (χ0) is 16.9. The number of hydrogen-bond acceptors (Lipinski definition) is 3. The largest absolute Gasteiger partial charge is 0.352 e. The topological polar surface area (TPSA) is 76.0 Å². The molecule has 24 heavy (non-hydrogen) atoms. The fraction of sp³-hybridized carbons (Fsp3) is 0.389. The number of fused-ring (bicyclic) bond motifs is 1. The van der Waals surface area contributed by atoms with Crippen LogP contribution in [0.5, 0.6) is 0 Å². The van der Waals surface area contributed by atoms with Gasteiger partial charge in [-0.25, -0.2) is 0 Å². The van der Waals surface area contributed by atoms with Crippen LogP contribution in [-0.4, -0.2) is 27.6 Å². The molecule has 6 nitrogen and oxygen atoms in total. The Bertz CT molecular complexity index is 712. The maximum Gasteiger partial charge on any atom is 0.227 e. The molecule has 1 aliphatic heterocycles. The first-order valence-electron chi connectivity index (χ1n) is 8.27. The third kappa shape index (κ3) is 4.01. The van der Waals surface area contributed by atoms with E-state index in [1.807, 2.05) is 43.5 Å². The van der Waals surface area contributed by atoms with Gasteiger partial charge in [0.15, 0.2) is 0 Å². The minimum absolute atomic E-state index is 0.00157. The van der Waals surface area contributed by atoms with Crippen LogP contribution in [0.2, 0.25) is 0 Å². The number of carbonyl (C=O) groups is 2. The van der Waals surface area contributed by atoms with E-state index in [0.717, 1.165) is 11.3 Å². The molecule has 3 rings (SSSR count). The molecule has 1 aromatic heterocycles. The predicted molar refractivity (Wildman–Crippen MR) is 91.3 cm³/mol. The van der Waals surface area contributed by atoms with Crippen molar-refractivity contribution in [1.29, 1.82) is 0 Å². The molecule has 0 fully saturated rings. The number of aromatic nitrogens is 2. The van der Waals surface area contributed by atoms with E-state index in [9.17, 15) is 9.59 Å². The van der Waals surface area contributed by atoms with Gasteiger partial charge in [0.2, 0.25) is 11.8 Å². The average Bonchev–Trinajstić information content (AvgIpc) is 3.05. The van der Waals surface area contributed by atoms with Gasteiger partial charge < -0.3 is 10.6 Å². The number of anilines is 1. The van der Waals surface area contributed by atoms with Crippen LogP contribution in [0.1, 0.15) is 25.3 Å². The Morgan fingerprint density at radius 3 is 3.04 bits per heavy atom. The molecule has 0 bridgehead atoms. The van der Waals surface area contributed by atoms with E-state index in [1.54, 1.807) is 10.9 Å². The minimum Gasteiger partial charge on any atom is -0.352 e. The highest BCUT2D eigenvalue weighted by atomic mass is 16.2. The van der Waals surface area contributed by atoms with Gasteiger partial charge in [0.25, 0.3) is 0 Å². The van der Waals surface area contributed by atoms with Gasteiger partial charge in [-0.2, -0.15) is 5.10 Å². The van der Waals surface area contributed by atoms with Crippen molar-refractivity contribution in [3.63, 3.8) is 0 Å². The molecule has 2 heterocycles. The van der Waals surface area contributed by atoms with Crippen LogP contribution >= 0.6 is 0 Å². The Kier molecular flexibility index (Phi) is 4.93. The van der Waals surface area contributed by atoms with Crippen molar-refractivity contribution in [3.05, 3.63) is 48.3 Å². The van der Waals surface area contributed by atoms with Crippen LogP contribution < -0.4 is 10.6 Å². The van der Waals surface area contributed by atoms with E-state index < -0.39 is 0 Å². The zero-order valence-corrected chi connectivity index (χ0v) is 13.7. The lowest BCUT2D eigenvalue weighted by Gasteiger charge is -2.24. The molecule has 0 unspecified atom stereocenters. The maximum absolute atomic E-state index is 12.1. The Labute approximate surface area is 141 Å². The number of nitrogens with one attached hydrogen (secondary N) is 2.